The van der Waals surface area contributed by atoms with Crippen LogP contribution in [0, 0.1) is 6.92 Å². The van der Waals surface area contributed by atoms with Crippen LogP contribution in [-0.2, 0) is 18.0 Å². The van der Waals surface area contributed by atoms with Crippen molar-refractivity contribution in [1.82, 2.24) is 24.6 Å². The summed E-state index contributed by atoms with van der Waals surface area (Å²) in [5.41, 5.74) is -0.338. The number of carbonyl (C=O) groups is 1. The second-order valence-corrected chi connectivity index (χ2v) is 5.60. The van der Waals surface area contributed by atoms with Gasteiger partial charge in [-0.15, -0.1) is 0 Å². The minimum absolute atomic E-state index is 0.198. The quantitative estimate of drug-likeness (QED) is 0.900. The number of imidazole rings is 1. The molecule has 2 aromatic heterocycles. The molecule has 3 rings (SSSR count). The number of carbonyl (C=O) groups excluding carboxylic acids is 1. The predicted octanol–water partition coefficient (Wildman–Crippen LogP) is 1.68. The molecule has 130 valence electrons. The van der Waals surface area contributed by atoms with Gasteiger partial charge < -0.3 is 14.6 Å². The first-order chi connectivity index (χ1) is 11.3. The molecule has 0 aromatic carbocycles. The second-order valence-electron chi connectivity index (χ2n) is 5.60. The van der Waals surface area contributed by atoms with Crippen molar-refractivity contribution >= 4 is 5.91 Å². The van der Waals surface area contributed by atoms with Crippen molar-refractivity contribution in [3.63, 3.8) is 0 Å². The number of hydrogen-bond donors (Lipinski definition) is 1. The van der Waals surface area contributed by atoms with Gasteiger partial charge in [0.05, 0.1) is 13.2 Å². The summed E-state index contributed by atoms with van der Waals surface area (Å²) in [5.74, 6) is 0.0275. The molecule has 24 heavy (non-hydrogen) atoms. The average Bonchev–Trinajstić information content (AvgIpc) is 3.12. The standard InChI is InChI=1S/C14H16F3N5O2/c1-8-6-18-12(19-8)10-7-22(3-4-24-10)13(23)9-5-11(14(15,16)17)21(2)20-9/h5-6,10H,3-4,7H2,1-2H3,(H,18,19)/t10-/m1/s1. The SMILES string of the molecule is Cc1cnc([C@H]2CN(C(=O)c3cc(C(F)(F)F)n(C)n3)CCO2)[nH]1. The van der Waals surface area contributed by atoms with Crippen molar-refractivity contribution in [2.24, 2.45) is 7.05 Å². The van der Waals surface area contributed by atoms with E-state index in [-0.39, 0.29) is 25.4 Å². The lowest BCUT2D eigenvalue weighted by molar-refractivity contribution is -0.143. The average molecular weight is 343 g/mol. The first kappa shape index (κ1) is 16.5. The number of amides is 1. The van der Waals surface area contributed by atoms with Crippen LogP contribution in [0.15, 0.2) is 12.3 Å². The van der Waals surface area contributed by atoms with Gasteiger partial charge in [-0.1, -0.05) is 0 Å². The lowest BCUT2D eigenvalue weighted by atomic mass is 10.2. The number of aromatic amines is 1. The number of morpholine rings is 1. The molecule has 0 spiro atoms. The van der Waals surface area contributed by atoms with Gasteiger partial charge in [0, 0.05) is 31.5 Å². The summed E-state index contributed by atoms with van der Waals surface area (Å²) in [7, 11) is 1.16. The molecule has 1 aliphatic heterocycles. The Morgan fingerprint density at radius 1 is 1.46 bits per heavy atom. The Bertz CT molecular complexity index is 752. The van der Waals surface area contributed by atoms with E-state index < -0.39 is 23.9 Å². The van der Waals surface area contributed by atoms with E-state index in [0.29, 0.717) is 10.5 Å². The Labute approximate surface area is 135 Å². The Hall–Kier alpha value is -2.36. The summed E-state index contributed by atoms with van der Waals surface area (Å²) in [6, 6.07) is 0.768. The fraction of sp³-hybridized carbons (Fsp3) is 0.500. The van der Waals surface area contributed by atoms with Crippen LogP contribution in [0.3, 0.4) is 0 Å². The molecule has 0 bridgehead atoms. The van der Waals surface area contributed by atoms with Gasteiger partial charge in [0.15, 0.2) is 5.69 Å². The lowest BCUT2D eigenvalue weighted by Gasteiger charge is -2.31. The second kappa shape index (κ2) is 5.93. The summed E-state index contributed by atoms with van der Waals surface area (Å²) in [4.78, 5) is 21.1. The van der Waals surface area contributed by atoms with Crippen molar-refractivity contribution in [1.29, 1.82) is 0 Å². The van der Waals surface area contributed by atoms with E-state index in [1.54, 1.807) is 6.20 Å². The fourth-order valence-electron chi connectivity index (χ4n) is 2.59. The predicted molar refractivity (Wildman–Crippen MR) is 76.1 cm³/mol. The van der Waals surface area contributed by atoms with E-state index in [9.17, 15) is 18.0 Å². The van der Waals surface area contributed by atoms with Gasteiger partial charge in [0.2, 0.25) is 0 Å². The number of H-pyrrole nitrogens is 1. The zero-order valence-corrected chi connectivity index (χ0v) is 13.1. The van der Waals surface area contributed by atoms with E-state index in [1.807, 2.05) is 6.92 Å². The van der Waals surface area contributed by atoms with Crippen LogP contribution >= 0.6 is 0 Å². The van der Waals surface area contributed by atoms with Crippen LogP contribution in [0.25, 0.3) is 0 Å². The monoisotopic (exact) mass is 343 g/mol. The molecule has 1 N–H and O–H groups in total. The Morgan fingerprint density at radius 3 is 2.79 bits per heavy atom. The summed E-state index contributed by atoms with van der Waals surface area (Å²) in [6.07, 6.45) is -3.35. The van der Waals surface area contributed by atoms with Gasteiger partial charge in [-0.2, -0.15) is 18.3 Å². The van der Waals surface area contributed by atoms with Gasteiger partial charge in [0.1, 0.15) is 17.6 Å². The number of nitrogens with one attached hydrogen (secondary N) is 1. The highest BCUT2D eigenvalue weighted by Crippen LogP contribution is 2.30. The van der Waals surface area contributed by atoms with Crippen LogP contribution in [0.4, 0.5) is 13.2 Å². The maximum atomic E-state index is 12.8. The number of alkyl halides is 3. The number of rotatable bonds is 2. The van der Waals surface area contributed by atoms with Crippen molar-refractivity contribution < 1.29 is 22.7 Å². The minimum Gasteiger partial charge on any atom is -0.367 e. The van der Waals surface area contributed by atoms with Crippen LogP contribution in [0.1, 0.15) is 33.8 Å². The third-order valence-corrected chi connectivity index (χ3v) is 3.77. The zero-order valence-electron chi connectivity index (χ0n) is 13.1. The molecule has 3 heterocycles. The zero-order chi connectivity index (χ0) is 17.5. The Kier molecular flexibility index (Phi) is 4.08. The van der Waals surface area contributed by atoms with E-state index in [2.05, 4.69) is 15.1 Å². The number of hydrogen-bond acceptors (Lipinski definition) is 4. The highest BCUT2D eigenvalue weighted by molar-refractivity contribution is 5.92. The molecule has 0 aliphatic carbocycles. The topological polar surface area (TPSA) is 76.0 Å². The fourth-order valence-corrected chi connectivity index (χ4v) is 2.59. The van der Waals surface area contributed by atoms with Gasteiger partial charge in [0.25, 0.3) is 5.91 Å². The summed E-state index contributed by atoms with van der Waals surface area (Å²) < 4.78 is 44.8. The molecule has 2 aromatic rings. The number of aromatic nitrogens is 4. The highest BCUT2D eigenvalue weighted by atomic mass is 19.4. The number of ether oxygens (including phenoxy) is 1. The number of halogens is 3. The van der Waals surface area contributed by atoms with E-state index in [4.69, 9.17) is 4.74 Å². The van der Waals surface area contributed by atoms with Crippen molar-refractivity contribution in [3.05, 3.63) is 35.2 Å². The summed E-state index contributed by atoms with van der Waals surface area (Å²) in [5, 5.41) is 3.70. The van der Waals surface area contributed by atoms with Gasteiger partial charge in [-0.05, 0) is 6.92 Å². The molecule has 1 amide bonds. The molecule has 1 atom stereocenters. The van der Waals surface area contributed by atoms with Crippen molar-refractivity contribution in [2.45, 2.75) is 19.2 Å². The van der Waals surface area contributed by atoms with Gasteiger partial charge in [-0.3, -0.25) is 9.48 Å². The minimum atomic E-state index is -4.56. The van der Waals surface area contributed by atoms with Gasteiger partial charge >= 0.3 is 6.18 Å². The van der Waals surface area contributed by atoms with E-state index in [0.717, 1.165) is 18.8 Å². The smallest absolute Gasteiger partial charge is 0.367 e. The molecule has 1 saturated heterocycles. The Morgan fingerprint density at radius 2 is 2.21 bits per heavy atom. The van der Waals surface area contributed by atoms with Crippen LogP contribution < -0.4 is 0 Å². The molecule has 0 saturated carbocycles. The maximum absolute atomic E-state index is 12.8. The molecule has 1 aliphatic rings. The van der Waals surface area contributed by atoms with Crippen LogP contribution in [0.2, 0.25) is 0 Å². The van der Waals surface area contributed by atoms with Crippen LogP contribution in [0.5, 0.6) is 0 Å². The van der Waals surface area contributed by atoms with Crippen molar-refractivity contribution in [3.8, 4) is 0 Å². The molecular weight excluding hydrogens is 327 g/mol. The Balaban J connectivity index is 1.77. The number of nitrogens with zero attached hydrogens (tertiary/aromatic N) is 4. The third kappa shape index (κ3) is 3.14. The maximum Gasteiger partial charge on any atom is 0.433 e. The summed E-state index contributed by atoms with van der Waals surface area (Å²) >= 11 is 0. The first-order valence-electron chi connectivity index (χ1n) is 7.29. The molecule has 7 nitrogen and oxygen atoms in total. The first-order valence-corrected chi connectivity index (χ1v) is 7.29. The third-order valence-electron chi connectivity index (χ3n) is 3.77. The molecule has 0 unspecified atom stereocenters. The normalized spacial score (nSPS) is 18.9. The molecular formula is C14H16F3N5O2. The van der Waals surface area contributed by atoms with E-state index in [1.165, 1.54) is 4.90 Å². The van der Waals surface area contributed by atoms with Crippen molar-refractivity contribution in [2.75, 3.05) is 19.7 Å². The summed E-state index contributed by atoms with van der Waals surface area (Å²) in [6.45, 7) is 2.60. The van der Waals surface area contributed by atoms with E-state index >= 15 is 0 Å². The molecule has 0 radical (unpaired) electrons. The lowest BCUT2D eigenvalue weighted by Crippen LogP contribution is -2.42. The van der Waals surface area contributed by atoms with Gasteiger partial charge in [-0.25, -0.2) is 4.98 Å². The van der Waals surface area contributed by atoms with Crippen LogP contribution in [-0.4, -0.2) is 50.3 Å². The largest absolute Gasteiger partial charge is 0.433 e. The molecule has 1 fully saturated rings. The number of aryl methyl sites for hydroxylation is 2. The highest BCUT2D eigenvalue weighted by Gasteiger charge is 2.37. The molecule has 10 heteroatoms.